The first-order valence-corrected chi connectivity index (χ1v) is 14.3. The number of fused-ring (bicyclic) bond motifs is 1. The number of thioether (sulfide) groups is 1. The number of ether oxygens (including phenoxy) is 1. The van der Waals surface area contributed by atoms with E-state index in [1.807, 2.05) is 6.92 Å². The van der Waals surface area contributed by atoms with Gasteiger partial charge in [0.05, 0.1) is 33.9 Å². The zero-order valence-corrected chi connectivity index (χ0v) is 22.8. The topological polar surface area (TPSA) is 108 Å². The summed E-state index contributed by atoms with van der Waals surface area (Å²) in [5, 5.41) is 15.6. The molecule has 10 heteroatoms. The molecule has 202 valence electrons. The van der Waals surface area contributed by atoms with Crippen LogP contribution in [-0.4, -0.2) is 63.5 Å². The number of halogens is 1. The molecule has 1 spiro atoms. The van der Waals surface area contributed by atoms with E-state index in [9.17, 15) is 19.5 Å². The van der Waals surface area contributed by atoms with E-state index in [0.717, 1.165) is 12.2 Å². The summed E-state index contributed by atoms with van der Waals surface area (Å²) in [5.74, 6) is -1.07. The SMILES string of the molecule is CCOc1ccc(NC(=O)[C@@H]2[C@H]3C(=O)N(CCCCO)C(C(=O)Nc4ccccc4Cl)C34CC[C@H]2S4)cc1. The Morgan fingerprint density at radius 2 is 1.89 bits per heavy atom. The van der Waals surface area contributed by atoms with Crippen LogP contribution in [0, 0.1) is 11.8 Å². The van der Waals surface area contributed by atoms with Crippen LogP contribution in [0.15, 0.2) is 48.5 Å². The molecule has 2 aromatic rings. The van der Waals surface area contributed by atoms with Gasteiger partial charge >= 0.3 is 0 Å². The fraction of sp³-hybridized carbons (Fsp3) is 0.464. The molecule has 0 aromatic heterocycles. The fourth-order valence-electron chi connectivity index (χ4n) is 6.18. The molecule has 0 radical (unpaired) electrons. The second-order valence-corrected chi connectivity index (χ2v) is 11.9. The van der Waals surface area contributed by atoms with Crippen LogP contribution in [0.25, 0.3) is 0 Å². The monoisotopic (exact) mass is 557 g/mol. The number of unbranched alkanes of at least 4 members (excludes halogenated alkanes) is 1. The summed E-state index contributed by atoms with van der Waals surface area (Å²) < 4.78 is 4.80. The highest BCUT2D eigenvalue weighted by atomic mass is 35.5. The van der Waals surface area contributed by atoms with E-state index in [0.29, 0.717) is 48.8 Å². The first kappa shape index (κ1) is 26.8. The van der Waals surface area contributed by atoms with Gasteiger partial charge in [0, 0.05) is 24.1 Å². The number of amides is 3. The molecular formula is C28H32ClN3O5S. The van der Waals surface area contributed by atoms with E-state index in [2.05, 4.69) is 10.6 Å². The summed E-state index contributed by atoms with van der Waals surface area (Å²) in [6, 6.07) is 13.5. The minimum Gasteiger partial charge on any atom is -0.494 e. The van der Waals surface area contributed by atoms with Crippen molar-refractivity contribution in [3.63, 3.8) is 0 Å². The highest BCUT2D eigenvalue weighted by molar-refractivity contribution is 8.02. The van der Waals surface area contributed by atoms with E-state index in [4.69, 9.17) is 16.3 Å². The Labute approximate surface area is 231 Å². The van der Waals surface area contributed by atoms with Crippen LogP contribution >= 0.6 is 23.4 Å². The first-order chi connectivity index (χ1) is 18.4. The number of nitrogens with one attached hydrogen (secondary N) is 2. The number of hydrogen-bond donors (Lipinski definition) is 3. The maximum absolute atomic E-state index is 13.9. The van der Waals surface area contributed by atoms with E-state index < -0.39 is 22.6 Å². The molecule has 3 saturated heterocycles. The molecule has 0 aliphatic carbocycles. The third-order valence-corrected chi connectivity index (χ3v) is 10.0. The summed E-state index contributed by atoms with van der Waals surface area (Å²) >= 11 is 7.93. The lowest BCUT2D eigenvalue weighted by molar-refractivity contribution is -0.138. The van der Waals surface area contributed by atoms with Gasteiger partial charge in [-0.1, -0.05) is 23.7 Å². The second kappa shape index (κ2) is 11.2. The molecule has 3 N–H and O–H groups in total. The Kier molecular flexibility index (Phi) is 7.88. The Hall–Kier alpha value is -2.75. The summed E-state index contributed by atoms with van der Waals surface area (Å²) in [7, 11) is 0. The molecule has 8 nitrogen and oxygen atoms in total. The van der Waals surface area contributed by atoms with Gasteiger partial charge in [0.15, 0.2) is 0 Å². The zero-order chi connectivity index (χ0) is 26.9. The predicted molar refractivity (Wildman–Crippen MR) is 148 cm³/mol. The van der Waals surface area contributed by atoms with E-state index >= 15 is 0 Å². The van der Waals surface area contributed by atoms with Crippen LogP contribution in [0.1, 0.15) is 32.6 Å². The number of hydrogen-bond acceptors (Lipinski definition) is 6. The summed E-state index contributed by atoms with van der Waals surface area (Å²) in [6.07, 6.45) is 2.54. The van der Waals surface area contributed by atoms with Crippen molar-refractivity contribution in [1.29, 1.82) is 0 Å². The van der Waals surface area contributed by atoms with Gasteiger partial charge in [-0.25, -0.2) is 0 Å². The molecule has 5 atom stereocenters. The Morgan fingerprint density at radius 3 is 2.61 bits per heavy atom. The van der Waals surface area contributed by atoms with Gasteiger partial charge in [0.1, 0.15) is 11.8 Å². The molecule has 3 aliphatic rings. The summed E-state index contributed by atoms with van der Waals surface area (Å²) in [4.78, 5) is 43.0. The first-order valence-electron chi connectivity index (χ1n) is 13.1. The number of carbonyl (C=O) groups excluding carboxylic acids is 3. The lowest BCUT2D eigenvalue weighted by atomic mass is 9.70. The molecule has 38 heavy (non-hydrogen) atoms. The lowest BCUT2D eigenvalue weighted by Gasteiger charge is -2.34. The van der Waals surface area contributed by atoms with Gasteiger partial charge in [0.2, 0.25) is 17.7 Å². The number of anilines is 2. The smallest absolute Gasteiger partial charge is 0.248 e. The van der Waals surface area contributed by atoms with E-state index in [1.165, 1.54) is 0 Å². The zero-order valence-electron chi connectivity index (χ0n) is 21.2. The van der Waals surface area contributed by atoms with Gasteiger partial charge in [-0.15, -0.1) is 11.8 Å². The highest BCUT2D eigenvalue weighted by Gasteiger charge is 2.73. The standard InChI is InChI=1S/C28H32ClN3O5S/c1-2-37-18-11-9-17(10-12-18)30-25(34)22-21-13-14-28(38-21)23(22)27(36)32(15-5-6-16-33)24(28)26(35)31-20-8-4-3-7-19(20)29/h3-4,7-12,21-24,33H,2,5-6,13-16H2,1H3,(H,30,34)(H,31,35)/t21-,22+,23+,24?,28?/m1/s1. The Balaban J connectivity index is 1.41. The molecule has 3 aliphatic heterocycles. The minimum absolute atomic E-state index is 0.0109. The van der Waals surface area contributed by atoms with Crippen molar-refractivity contribution in [2.45, 2.75) is 48.6 Å². The molecule has 2 unspecified atom stereocenters. The number of para-hydroxylation sites is 1. The highest BCUT2D eigenvalue weighted by Crippen LogP contribution is 2.66. The normalized spacial score (nSPS) is 27.3. The van der Waals surface area contributed by atoms with Gasteiger partial charge in [0.25, 0.3) is 0 Å². The predicted octanol–water partition coefficient (Wildman–Crippen LogP) is 4.18. The van der Waals surface area contributed by atoms with Crippen molar-refractivity contribution < 1.29 is 24.2 Å². The number of aliphatic hydroxyl groups excluding tert-OH is 1. The Morgan fingerprint density at radius 1 is 1.13 bits per heavy atom. The van der Waals surface area contributed by atoms with Gasteiger partial charge in [-0.05, 0) is 69.0 Å². The third kappa shape index (κ3) is 4.76. The van der Waals surface area contributed by atoms with Crippen molar-refractivity contribution in [3.8, 4) is 5.75 Å². The lowest BCUT2D eigenvalue weighted by Crippen LogP contribution is -2.51. The van der Waals surface area contributed by atoms with Crippen molar-refractivity contribution in [3.05, 3.63) is 53.6 Å². The molecular weight excluding hydrogens is 526 g/mol. The number of aliphatic hydroxyl groups is 1. The van der Waals surface area contributed by atoms with Crippen molar-refractivity contribution in [1.82, 2.24) is 4.90 Å². The number of likely N-dealkylation sites (tertiary alicyclic amines) is 1. The maximum Gasteiger partial charge on any atom is 0.248 e. The summed E-state index contributed by atoms with van der Waals surface area (Å²) in [5.41, 5.74) is 1.13. The van der Waals surface area contributed by atoms with Crippen molar-refractivity contribution in [2.75, 3.05) is 30.4 Å². The maximum atomic E-state index is 13.9. The molecule has 3 fully saturated rings. The van der Waals surface area contributed by atoms with E-state index in [-0.39, 0.29) is 29.6 Å². The average Bonchev–Trinajstić information content (AvgIpc) is 3.54. The largest absolute Gasteiger partial charge is 0.494 e. The van der Waals surface area contributed by atoms with Crippen LogP contribution in [-0.2, 0) is 14.4 Å². The number of nitrogens with zero attached hydrogens (tertiary/aromatic N) is 1. The number of carbonyl (C=O) groups is 3. The van der Waals surface area contributed by atoms with Crippen LogP contribution in [0.3, 0.4) is 0 Å². The van der Waals surface area contributed by atoms with Crippen LogP contribution in [0.4, 0.5) is 11.4 Å². The van der Waals surface area contributed by atoms with Gasteiger partial charge < -0.3 is 25.4 Å². The molecule has 3 heterocycles. The number of rotatable bonds is 10. The average molecular weight is 558 g/mol. The van der Waals surface area contributed by atoms with Crippen LogP contribution < -0.4 is 15.4 Å². The second-order valence-electron chi connectivity index (χ2n) is 9.93. The third-order valence-electron chi connectivity index (χ3n) is 7.72. The minimum atomic E-state index is -0.728. The van der Waals surface area contributed by atoms with Crippen LogP contribution in [0.2, 0.25) is 5.02 Å². The Bertz CT molecular complexity index is 1210. The molecule has 0 saturated carbocycles. The van der Waals surface area contributed by atoms with Gasteiger partial charge in [-0.3, -0.25) is 14.4 Å². The quantitative estimate of drug-likeness (QED) is 0.378. The van der Waals surface area contributed by atoms with Crippen molar-refractivity contribution >= 4 is 52.5 Å². The van der Waals surface area contributed by atoms with Gasteiger partial charge in [-0.2, -0.15) is 0 Å². The molecule has 2 bridgehead atoms. The number of benzene rings is 2. The van der Waals surface area contributed by atoms with Crippen LogP contribution in [0.5, 0.6) is 5.75 Å². The van der Waals surface area contributed by atoms with E-state index in [1.54, 1.807) is 65.2 Å². The fourth-order valence-corrected chi connectivity index (χ4v) is 8.58. The molecule has 3 amide bonds. The molecule has 5 rings (SSSR count). The summed E-state index contributed by atoms with van der Waals surface area (Å²) in [6.45, 7) is 2.82. The molecule has 2 aromatic carbocycles. The van der Waals surface area contributed by atoms with Crippen molar-refractivity contribution in [2.24, 2.45) is 11.8 Å².